The van der Waals surface area contributed by atoms with Crippen LogP contribution < -0.4 is 10.5 Å². The number of rotatable bonds is 9. The zero-order valence-electron chi connectivity index (χ0n) is 22.9. The Bertz CT molecular complexity index is 1740. The molecule has 3 unspecified atom stereocenters. The van der Waals surface area contributed by atoms with Gasteiger partial charge in [-0.05, 0) is 28.8 Å². The first-order chi connectivity index (χ1) is 20.8. The maximum atomic E-state index is 15.6. The van der Waals surface area contributed by atoms with Crippen molar-refractivity contribution in [3.05, 3.63) is 114 Å². The van der Waals surface area contributed by atoms with Crippen LogP contribution in [0, 0.1) is 6.08 Å². The number of nitrogen functional groups attached to an aromatic ring is 1. The summed E-state index contributed by atoms with van der Waals surface area (Å²) in [6, 6.07) is 23.6. The monoisotopic (exact) mass is 587 g/mol. The molecule has 2 aromatic heterocycles. The predicted octanol–water partition coefficient (Wildman–Crippen LogP) is 3.97. The SMILES string of the molecule is COc1ccc(C(OC[C@H]2O[C@@H](n3cnc4c(N)nc(F)nc43)C(F)C2O)(c2ccccc2)c2ccc(C=O)cc2)cc1. The second-order valence-corrected chi connectivity index (χ2v) is 10.0. The van der Waals surface area contributed by atoms with Crippen molar-refractivity contribution in [3.63, 3.8) is 0 Å². The Balaban J connectivity index is 1.39. The molecule has 0 radical (unpaired) electrons. The summed E-state index contributed by atoms with van der Waals surface area (Å²) in [7, 11) is 1.56. The molecule has 0 aliphatic carbocycles. The maximum absolute atomic E-state index is 15.6. The molecule has 3 heterocycles. The number of aliphatic hydroxyl groups is 1. The Kier molecular flexibility index (Phi) is 7.57. The Morgan fingerprint density at radius 3 is 2.33 bits per heavy atom. The molecule has 3 aromatic carbocycles. The number of aldehydes is 1. The van der Waals surface area contributed by atoms with E-state index in [0.29, 0.717) is 22.4 Å². The second kappa shape index (κ2) is 11.5. The van der Waals surface area contributed by atoms with E-state index in [2.05, 4.69) is 15.0 Å². The van der Waals surface area contributed by atoms with Crippen LogP contribution in [0.25, 0.3) is 11.2 Å². The average Bonchev–Trinajstić information content (AvgIpc) is 3.58. The molecule has 0 saturated carbocycles. The highest BCUT2D eigenvalue weighted by Gasteiger charge is 2.48. The van der Waals surface area contributed by atoms with Crippen LogP contribution in [0.2, 0.25) is 0 Å². The third-order valence-corrected chi connectivity index (χ3v) is 7.58. The smallest absolute Gasteiger partial charge is 0.312 e. The summed E-state index contributed by atoms with van der Waals surface area (Å²) in [5.74, 6) is 0.427. The maximum Gasteiger partial charge on any atom is 0.312 e. The number of nitrogens with zero attached hydrogens (tertiary/aromatic N) is 4. The van der Waals surface area contributed by atoms with Crippen molar-refractivity contribution in [2.75, 3.05) is 19.5 Å². The van der Waals surface area contributed by atoms with Gasteiger partial charge in [0.15, 0.2) is 29.4 Å². The summed E-state index contributed by atoms with van der Waals surface area (Å²) in [6.45, 7) is -0.257. The van der Waals surface area contributed by atoms with Gasteiger partial charge in [0.05, 0.1) is 20.0 Å². The summed E-state index contributed by atoms with van der Waals surface area (Å²) in [5, 5.41) is 11.0. The number of carbonyl (C=O) groups excluding carboxylic acids is 1. The number of carbonyl (C=O) groups is 1. The number of aliphatic hydroxyl groups excluding tert-OH is 1. The van der Waals surface area contributed by atoms with Gasteiger partial charge in [-0.15, -0.1) is 0 Å². The highest BCUT2D eigenvalue weighted by atomic mass is 19.1. The van der Waals surface area contributed by atoms with Crippen molar-refractivity contribution in [2.24, 2.45) is 0 Å². The van der Waals surface area contributed by atoms with Gasteiger partial charge in [-0.1, -0.05) is 66.7 Å². The van der Waals surface area contributed by atoms with Gasteiger partial charge < -0.3 is 25.1 Å². The summed E-state index contributed by atoms with van der Waals surface area (Å²) < 4.78 is 48.8. The van der Waals surface area contributed by atoms with Crippen LogP contribution in [-0.2, 0) is 15.1 Å². The number of anilines is 1. The molecule has 0 spiro atoms. The van der Waals surface area contributed by atoms with Gasteiger partial charge in [-0.25, -0.2) is 9.37 Å². The fraction of sp³-hybridized carbons (Fsp3) is 0.226. The molecule has 3 N–H and O–H groups in total. The zero-order valence-corrected chi connectivity index (χ0v) is 22.9. The van der Waals surface area contributed by atoms with E-state index in [1.807, 2.05) is 42.5 Å². The largest absolute Gasteiger partial charge is 0.497 e. The van der Waals surface area contributed by atoms with E-state index in [-0.39, 0.29) is 23.6 Å². The van der Waals surface area contributed by atoms with Gasteiger partial charge in [0, 0.05) is 5.56 Å². The number of aromatic nitrogens is 4. The van der Waals surface area contributed by atoms with Crippen LogP contribution in [0.4, 0.5) is 14.6 Å². The number of fused-ring (bicyclic) bond motifs is 1. The van der Waals surface area contributed by atoms with Crippen LogP contribution in [0.5, 0.6) is 5.75 Å². The van der Waals surface area contributed by atoms with Crippen LogP contribution in [0.15, 0.2) is 85.2 Å². The van der Waals surface area contributed by atoms with Crippen molar-refractivity contribution in [3.8, 4) is 5.75 Å². The van der Waals surface area contributed by atoms with Gasteiger partial charge in [0.2, 0.25) is 0 Å². The van der Waals surface area contributed by atoms with Crippen molar-refractivity contribution in [2.45, 2.75) is 30.2 Å². The van der Waals surface area contributed by atoms with Gasteiger partial charge in [-0.3, -0.25) is 9.36 Å². The molecule has 1 saturated heterocycles. The van der Waals surface area contributed by atoms with E-state index in [0.717, 1.165) is 11.8 Å². The number of benzene rings is 3. The molecule has 5 aromatic rings. The molecular weight excluding hydrogens is 560 g/mol. The fourth-order valence-corrected chi connectivity index (χ4v) is 5.41. The van der Waals surface area contributed by atoms with Gasteiger partial charge in [-0.2, -0.15) is 14.4 Å². The number of halogens is 2. The lowest BCUT2D eigenvalue weighted by molar-refractivity contribution is -0.0935. The fourth-order valence-electron chi connectivity index (χ4n) is 5.41. The molecule has 1 fully saturated rings. The minimum atomic E-state index is -1.93. The average molecular weight is 588 g/mol. The lowest BCUT2D eigenvalue weighted by Crippen LogP contribution is -2.39. The van der Waals surface area contributed by atoms with Crippen molar-refractivity contribution in [1.29, 1.82) is 0 Å². The Labute approximate surface area is 244 Å². The van der Waals surface area contributed by atoms with Crippen molar-refractivity contribution < 1.29 is 32.9 Å². The van der Waals surface area contributed by atoms with Crippen LogP contribution >= 0.6 is 0 Å². The number of hydrogen-bond acceptors (Lipinski definition) is 9. The van der Waals surface area contributed by atoms with Crippen molar-refractivity contribution >= 4 is 23.3 Å². The van der Waals surface area contributed by atoms with Crippen LogP contribution in [-0.4, -0.2) is 63.0 Å². The summed E-state index contributed by atoms with van der Waals surface area (Å²) in [5.41, 5.74) is 7.10. The number of ether oxygens (including phenoxy) is 3. The number of hydrogen-bond donors (Lipinski definition) is 2. The molecule has 5 atom stereocenters. The first kappa shape index (κ1) is 28.3. The summed E-state index contributed by atoms with van der Waals surface area (Å²) >= 11 is 0. The molecule has 10 nitrogen and oxygen atoms in total. The highest BCUT2D eigenvalue weighted by Crippen LogP contribution is 2.43. The van der Waals surface area contributed by atoms with E-state index in [9.17, 15) is 14.3 Å². The normalized spacial score (nSPS) is 21.5. The predicted molar refractivity (Wildman–Crippen MR) is 152 cm³/mol. The quantitative estimate of drug-likeness (QED) is 0.149. The number of methoxy groups -OCH3 is 1. The Hall–Kier alpha value is -4.78. The van der Waals surface area contributed by atoms with E-state index in [1.54, 1.807) is 43.5 Å². The second-order valence-electron chi connectivity index (χ2n) is 10.0. The minimum absolute atomic E-state index is 0.0708. The first-order valence-electron chi connectivity index (χ1n) is 13.4. The molecule has 1 aliphatic rings. The molecule has 220 valence electrons. The third kappa shape index (κ3) is 4.99. The molecular formula is C31H27F2N5O5. The van der Waals surface area contributed by atoms with Gasteiger partial charge >= 0.3 is 6.08 Å². The van der Waals surface area contributed by atoms with Gasteiger partial charge in [0.1, 0.15) is 29.8 Å². The molecule has 43 heavy (non-hydrogen) atoms. The Morgan fingerprint density at radius 1 is 1.02 bits per heavy atom. The lowest BCUT2D eigenvalue weighted by atomic mass is 9.79. The zero-order chi connectivity index (χ0) is 30.1. The summed E-state index contributed by atoms with van der Waals surface area (Å²) in [6.07, 6.45) is -5.21. The minimum Gasteiger partial charge on any atom is -0.497 e. The number of alkyl halides is 1. The lowest BCUT2D eigenvalue weighted by Gasteiger charge is -2.37. The van der Waals surface area contributed by atoms with Gasteiger partial charge in [0.25, 0.3) is 0 Å². The van der Waals surface area contributed by atoms with Crippen LogP contribution in [0.1, 0.15) is 33.3 Å². The van der Waals surface area contributed by atoms with E-state index in [1.165, 1.54) is 10.9 Å². The molecule has 6 rings (SSSR count). The number of nitrogens with two attached hydrogens (primary N) is 1. The highest BCUT2D eigenvalue weighted by molar-refractivity contribution is 5.81. The van der Waals surface area contributed by atoms with E-state index >= 15 is 4.39 Å². The van der Waals surface area contributed by atoms with E-state index in [4.69, 9.17) is 19.9 Å². The molecule has 12 heteroatoms. The molecule has 0 amide bonds. The Morgan fingerprint density at radius 2 is 1.67 bits per heavy atom. The number of imidazole rings is 1. The first-order valence-corrected chi connectivity index (χ1v) is 13.4. The molecule has 0 bridgehead atoms. The van der Waals surface area contributed by atoms with Crippen molar-refractivity contribution in [1.82, 2.24) is 19.5 Å². The van der Waals surface area contributed by atoms with Crippen LogP contribution in [0.3, 0.4) is 0 Å². The standard InChI is InChI=1S/C31H27F2N5O5/c1-41-22-13-11-21(12-14-22)31(19-5-3-2-4-6-19,20-9-7-18(15-39)8-10-20)42-16-23-26(40)24(32)29(43-23)38-17-35-25-27(34)36-30(33)37-28(25)38/h2-15,17,23-24,26,29,40H,16H2,1H3,(H2,34,36,37)/t23-,24?,26?,29-,31?/m1/s1. The molecule has 1 aliphatic heterocycles. The topological polar surface area (TPSA) is 135 Å². The summed E-state index contributed by atoms with van der Waals surface area (Å²) in [4.78, 5) is 22.7. The van der Waals surface area contributed by atoms with E-state index < -0.39 is 36.3 Å². The third-order valence-electron chi connectivity index (χ3n) is 7.58.